The van der Waals surface area contributed by atoms with Gasteiger partial charge in [0.1, 0.15) is 17.3 Å². The van der Waals surface area contributed by atoms with Crippen molar-refractivity contribution >= 4 is 39.4 Å². The van der Waals surface area contributed by atoms with Crippen molar-refractivity contribution in [1.82, 2.24) is 0 Å². The van der Waals surface area contributed by atoms with Crippen LogP contribution in [0.3, 0.4) is 0 Å². The Hall–Kier alpha value is -2.28. The number of anilines is 1. The van der Waals surface area contributed by atoms with E-state index in [1.807, 2.05) is 0 Å². The number of hydrogen-bond donors (Lipinski definition) is 2. The molecule has 0 saturated carbocycles. The summed E-state index contributed by atoms with van der Waals surface area (Å²) >= 11 is 3.24. The predicted octanol–water partition coefficient (Wildman–Crippen LogP) is 4.14. The minimum atomic E-state index is -0.892. The van der Waals surface area contributed by atoms with E-state index >= 15 is 0 Å². The van der Waals surface area contributed by atoms with Crippen molar-refractivity contribution in [2.45, 2.75) is 6.92 Å². The third kappa shape index (κ3) is 3.88. The summed E-state index contributed by atoms with van der Waals surface area (Å²) in [5.74, 6) is -2.28. The molecule has 0 spiro atoms. The van der Waals surface area contributed by atoms with E-state index in [2.05, 4.69) is 26.2 Å². The van der Waals surface area contributed by atoms with E-state index in [0.29, 0.717) is 16.1 Å². The number of hydrogen-bond acceptors (Lipinski definition) is 3. The Kier molecular flexibility index (Phi) is 4.87. The maximum atomic E-state index is 13.7. The molecule has 0 aliphatic heterocycles. The monoisotopic (exact) mass is 368 g/mol. The van der Waals surface area contributed by atoms with Gasteiger partial charge in [0.25, 0.3) is 0 Å². The average molecular weight is 369 g/mol. The molecule has 0 radical (unpaired) electrons. The molecule has 0 aromatic heterocycles. The lowest BCUT2D eigenvalue weighted by atomic mass is 10.2. The molecule has 7 heteroatoms. The highest BCUT2D eigenvalue weighted by Crippen LogP contribution is 2.27. The van der Waals surface area contributed by atoms with E-state index < -0.39 is 17.5 Å². The van der Waals surface area contributed by atoms with E-state index in [-0.39, 0.29) is 17.1 Å². The summed E-state index contributed by atoms with van der Waals surface area (Å²) in [6.07, 6.45) is 1.24. The zero-order valence-corrected chi connectivity index (χ0v) is 13.0. The number of benzene rings is 2. The van der Waals surface area contributed by atoms with Crippen LogP contribution in [0.15, 0.2) is 39.8 Å². The van der Waals surface area contributed by atoms with Crippen LogP contribution < -0.4 is 5.32 Å². The van der Waals surface area contributed by atoms with E-state index in [1.165, 1.54) is 19.2 Å². The lowest BCUT2D eigenvalue weighted by Gasteiger charge is -2.06. The van der Waals surface area contributed by atoms with E-state index in [1.54, 1.807) is 12.1 Å². The van der Waals surface area contributed by atoms with Crippen molar-refractivity contribution in [1.29, 1.82) is 0 Å². The highest BCUT2D eigenvalue weighted by atomic mass is 79.9. The number of nitrogens with one attached hydrogen (secondary N) is 1. The molecule has 2 rings (SSSR count). The van der Waals surface area contributed by atoms with Gasteiger partial charge in [-0.15, -0.1) is 0 Å². The third-order valence-electron chi connectivity index (χ3n) is 2.68. The van der Waals surface area contributed by atoms with Crippen LogP contribution in [0.1, 0.15) is 12.5 Å². The lowest BCUT2D eigenvalue weighted by Crippen LogP contribution is -2.07. The molecule has 0 fully saturated rings. The zero-order chi connectivity index (χ0) is 16.3. The summed E-state index contributed by atoms with van der Waals surface area (Å²) < 4.78 is 27.9. The Balaban J connectivity index is 2.38. The fourth-order valence-electron chi connectivity index (χ4n) is 1.69. The van der Waals surface area contributed by atoms with Gasteiger partial charge in [-0.05, 0) is 24.3 Å². The summed E-state index contributed by atoms with van der Waals surface area (Å²) in [7, 11) is 0. The standard InChI is InChI=1S/C15H11BrF2N2O2/c1-8(21)20-14-6-13(11(17)5-12(14)18)19-7-9-4-10(16)2-3-15(9)22/h2-7,22H,1H3,(H,20,21). The second-order valence-corrected chi connectivity index (χ2v) is 5.34. The molecular weight excluding hydrogens is 358 g/mol. The second kappa shape index (κ2) is 6.65. The number of carbonyl (C=O) groups is 1. The Labute approximate surface area is 133 Å². The van der Waals surface area contributed by atoms with Crippen molar-refractivity contribution in [3.05, 3.63) is 52.0 Å². The molecule has 4 nitrogen and oxygen atoms in total. The molecule has 0 unspecified atom stereocenters. The SMILES string of the molecule is CC(=O)Nc1cc(N=Cc2cc(Br)ccc2O)c(F)cc1F. The number of amides is 1. The van der Waals surface area contributed by atoms with Crippen molar-refractivity contribution < 1.29 is 18.7 Å². The summed E-state index contributed by atoms with van der Waals surface area (Å²) in [4.78, 5) is 14.9. The number of halogens is 3. The van der Waals surface area contributed by atoms with Gasteiger partial charge in [-0.25, -0.2) is 8.78 Å². The fourth-order valence-corrected chi connectivity index (χ4v) is 2.07. The Morgan fingerprint density at radius 2 is 2.00 bits per heavy atom. The summed E-state index contributed by atoms with van der Waals surface area (Å²) in [5.41, 5.74) is 0.0308. The van der Waals surface area contributed by atoms with Gasteiger partial charge in [-0.1, -0.05) is 15.9 Å². The molecule has 2 aromatic rings. The van der Waals surface area contributed by atoms with Crippen LogP contribution in [0, 0.1) is 11.6 Å². The first-order chi connectivity index (χ1) is 10.4. The molecule has 0 heterocycles. The van der Waals surface area contributed by atoms with Gasteiger partial charge < -0.3 is 10.4 Å². The normalized spacial score (nSPS) is 10.9. The van der Waals surface area contributed by atoms with Crippen LogP contribution >= 0.6 is 15.9 Å². The zero-order valence-electron chi connectivity index (χ0n) is 11.4. The van der Waals surface area contributed by atoms with Gasteiger partial charge in [0.2, 0.25) is 5.91 Å². The molecule has 2 aromatic carbocycles. The van der Waals surface area contributed by atoms with Gasteiger partial charge in [-0.2, -0.15) is 0 Å². The van der Waals surface area contributed by atoms with Crippen LogP contribution in [0.4, 0.5) is 20.2 Å². The number of aliphatic imine (C=N–C) groups is 1. The number of carbonyl (C=O) groups excluding carboxylic acids is 1. The first-order valence-electron chi connectivity index (χ1n) is 6.16. The quantitative estimate of drug-likeness (QED) is 0.799. The summed E-state index contributed by atoms with van der Waals surface area (Å²) in [6, 6.07) is 6.40. The molecule has 0 aliphatic rings. The van der Waals surface area contributed by atoms with E-state index in [0.717, 1.165) is 6.07 Å². The van der Waals surface area contributed by atoms with Crippen molar-refractivity contribution in [2.75, 3.05) is 5.32 Å². The first kappa shape index (κ1) is 16.1. The molecule has 0 saturated heterocycles. The number of phenolic OH excluding ortho intramolecular Hbond substituents is 1. The number of nitrogens with zero attached hydrogens (tertiary/aromatic N) is 1. The number of phenols is 1. The number of aromatic hydroxyl groups is 1. The Bertz CT molecular complexity index is 763. The maximum Gasteiger partial charge on any atom is 0.221 e. The fraction of sp³-hybridized carbons (Fsp3) is 0.0667. The first-order valence-corrected chi connectivity index (χ1v) is 6.95. The van der Waals surface area contributed by atoms with Crippen molar-refractivity contribution in [3.63, 3.8) is 0 Å². The summed E-state index contributed by atoms with van der Waals surface area (Å²) in [5, 5.41) is 11.9. The van der Waals surface area contributed by atoms with Crippen LogP contribution in [-0.4, -0.2) is 17.2 Å². The second-order valence-electron chi connectivity index (χ2n) is 4.43. The summed E-state index contributed by atoms with van der Waals surface area (Å²) in [6.45, 7) is 1.21. The molecule has 0 bridgehead atoms. The lowest BCUT2D eigenvalue weighted by molar-refractivity contribution is -0.114. The largest absolute Gasteiger partial charge is 0.507 e. The van der Waals surface area contributed by atoms with Crippen molar-refractivity contribution in [3.8, 4) is 5.75 Å². The Morgan fingerprint density at radius 1 is 1.27 bits per heavy atom. The van der Waals surface area contributed by atoms with Gasteiger partial charge in [-0.3, -0.25) is 9.79 Å². The number of rotatable bonds is 3. The third-order valence-corrected chi connectivity index (χ3v) is 3.17. The molecule has 2 N–H and O–H groups in total. The highest BCUT2D eigenvalue weighted by Gasteiger charge is 2.10. The van der Waals surface area contributed by atoms with Crippen LogP contribution in [-0.2, 0) is 4.79 Å². The van der Waals surface area contributed by atoms with E-state index in [4.69, 9.17) is 0 Å². The van der Waals surface area contributed by atoms with Crippen molar-refractivity contribution in [2.24, 2.45) is 4.99 Å². The molecule has 0 atom stereocenters. The minimum Gasteiger partial charge on any atom is -0.507 e. The minimum absolute atomic E-state index is 0.0310. The average Bonchev–Trinajstić information content (AvgIpc) is 2.43. The van der Waals surface area contributed by atoms with E-state index in [9.17, 15) is 18.7 Å². The molecule has 0 aliphatic carbocycles. The Morgan fingerprint density at radius 3 is 2.68 bits per heavy atom. The van der Waals surface area contributed by atoms with Crippen LogP contribution in [0.5, 0.6) is 5.75 Å². The molecule has 1 amide bonds. The smallest absolute Gasteiger partial charge is 0.221 e. The molecule has 22 heavy (non-hydrogen) atoms. The molecule has 114 valence electrons. The maximum absolute atomic E-state index is 13.7. The molecular formula is C15H11BrF2N2O2. The van der Waals surface area contributed by atoms with Gasteiger partial charge in [0.05, 0.1) is 5.69 Å². The highest BCUT2D eigenvalue weighted by molar-refractivity contribution is 9.10. The van der Waals surface area contributed by atoms with Crippen LogP contribution in [0.2, 0.25) is 0 Å². The topological polar surface area (TPSA) is 61.7 Å². The van der Waals surface area contributed by atoms with Gasteiger partial charge in [0.15, 0.2) is 5.82 Å². The van der Waals surface area contributed by atoms with Gasteiger partial charge in [0, 0.05) is 29.2 Å². The van der Waals surface area contributed by atoms with Gasteiger partial charge >= 0.3 is 0 Å². The predicted molar refractivity (Wildman–Crippen MR) is 83.7 cm³/mol. The van der Waals surface area contributed by atoms with Crippen LogP contribution in [0.25, 0.3) is 0 Å².